The van der Waals surface area contributed by atoms with Gasteiger partial charge in [0, 0.05) is 11.8 Å². The van der Waals surface area contributed by atoms with Gasteiger partial charge < -0.3 is 10.1 Å². The summed E-state index contributed by atoms with van der Waals surface area (Å²) in [5.74, 6) is -4.00. The van der Waals surface area contributed by atoms with Crippen molar-refractivity contribution in [2.45, 2.75) is 39.2 Å². The van der Waals surface area contributed by atoms with Gasteiger partial charge in [-0.05, 0) is 18.1 Å². The van der Waals surface area contributed by atoms with Crippen molar-refractivity contribution in [3.05, 3.63) is 77.0 Å². The zero-order chi connectivity index (χ0) is 27.9. The van der Waals surface area contributed by atoms with Gasteiger partial charge in [0.05, 0.1) is 17.9 Å². The summed E-state index contributed by atoms with van der Waals surface area (Å²) in [6.45, 7) is 1.74. The Bertz CT molecular complexity index is 1340. The van der Waals surface area contributed by atoms with Crippen molar-refractivity contribution in [3.63, 3.8) is 0 Å². The van der Waals surface area contributed by atoms with Gasteiger partial charge in [-0.2, -0.15) is 13.2 Å². The molecule has 2 N–H and O–H groups in total. The number of ether oxygens (including phenoxy) is 1. The van der Waals surface area contributed by atoms with E-state index in [0.29, 0.717) is 11.3 Å². The summed E-state index contributed by atoms with van der Waals surface area (Å²) in [6, 6.07) is 11.4. The molecule has 38 heavy (non-hydrogen) atoms. The minimum Gasteiger partial charge on any atom is -0.443 e. The molecule has 0 fully saturated rings. The minimum absolute atomic E-state index is 0.0152. The van der Waals surface area contributed by atoms with Gasteiger partial charge in [-0.15, -0.1) is 0 Å². The number of rotatable bonds is 9. The Balaban J connectivity index is 1.87. The molecule has 13 heteroatoms. The second-order valence-corrected chi connectivity index (χ2v) is 8.43. The van der Waals surface area contributed by atoms with Crippen molar-refractivity contribution in [2.24, 2.45) is 5.92 Å². The first-order chi connectivity index (χ1) is 18.0. The van der Waals surface area contributed by atoms with Crippen LogP contribution in [0.5, 0.6) is 0 Å². The number of nitrogens with one attached hydrogen (secondary N) is 2. The second-order valence-electron chi connectivity index (χ2n) is 8.43. The van der Waals surface area contributed by atoms with Crippen LogP contribution in [0.2, 0.25) is 0 Å². The summed E-state index contributed by atoms with van der Waals surface area (Å²) in [4.78, 5) is 58.2. The lowest BCUT2D eigenvalue weighted by atomic mass is 9.99. The van der Waals surface area contributed by atoms with Crippen LogP contribution < -0.4 is 16.2 Å². The molecule has 0 aliphatic heterocycles. The lowest BCUT2D eigenvalue weighted by molar-refractivity contribution is -0.174. The Hall–Kier alpha value is -4.55. The third kappa shape index (κ3) is 7.24. The van der Waals surface area contributed by atoms with Crippen LogP contribution in [0, 0.1) is 5.92 Å². The monoisotopic (exact) mass is 531 g/mol. The molecule has 3 aromatic rings. The van der Waals surface area contributed by atoms with Crippen molar-refractivity contribution >= 4 is 23.5 Å². The average Bonchev–Trinajstić information content (AvgIpc) is 2.88. The van der Waals surface area contributed by atoms with Crippen LogP contribution in [0.15, 0.2) is 65.7 Å². The third-order valence-corrected chi connectivity index (χ3v) is 5.24. The van der Waals surface area contributed by atoms with Crippen molar-refractivity contribution < 1.29 is 32.3 Å². The lowest BCUT2D eigenvalue weighted by Crippen LogP contribution is -2.51. The zero-order valence-corrected chi connectivity index (χ0v) is 20.4. The van der Waals surface area contributed by atoms with Crippen LogP contribution in [0.25, 0.3) is 11.4 Å². The Kier molecular flexibility index (Phi) is 8.94. The summed E-state index contributed by atoms with van der Waals surface area (Å²) < 4.78 is 45.0. The van der Waals surface area contributed by atoms with E-state index >= 15 is 0 Å². The first-order valence-corrected chi connectivity index (χ1v) is 11.4. The number of ketones is 1. The normalized spacial score (nSPS) is 12.1. The van der Waals surface area contributed by atoms with Crippen LogP contribution in [0.4, 0.5) is 23.7 Å². The number of carbonyl (C=O) groups is 3. The summed E-state index contributed by atoms with van der Waals surface area (Å²) in [5.41, 5.74) is -0.321. The number of hydrogen-bond donors (Lipinski definition) is 2. The molecule has 0 bridgehead atoms. The van der Waals surface area contributed by atoms with E-state index in [2.05, 4.69) is 20.6 Å². The van der Waals surface area contributed by atoms with E-state index in [4.69, 9.17) is 4.74 Å². The summed E-state index contributed by atoms with van der Waals surface area (Å²) in [7, 11) is 0. The fourth-order valence-corrected chi connectivity index (χ4v) is 3.39. The van der Waals surface area contributed by atoms with Gasteiger partial charge in [0.15, 0.2) is 0 Å². The maximum atomic E-state index is 13.2. The smallest absolute Gasteiger partial charge is 0.443 e. The largest absolute Gasteiger partial charge is 0.452 e. The van der Waals surface area contributed by atoms with Crippen LogP contribution in [0.3, 0.4) is 0 Å². The first kappa shape index (κ1) is 28.0. The Morgan fingerprint density at radius 1 is 1.03 bits per heavy atom. The molecule has 200 valence electrons. The number of carbonyl (C=O) groups excluding carboxylic acids is 3. The van der Waals surface area contributed by atoms with Crippen LogP contribution in [0.1, 0.15) is 19.5 Å². The standard InChI is InChI=1S/C25H24F3N5O5/c1-15(2)20(21(35)25(26,27)28)32-19(34)13-33-22(16-8-4-3-5-9-16)30-12-18(23(33)36)31-24(37)38-14-17-10-6-7-11-29-17/h3-12,15,20H,13-14H2,1-2H3,(H,31,37)(H,32,34). The molecule has 0 aliphatic rings. The number of benzene rings is 1. The highest BCUT2D eigenvalue weighted by Crippen LogP contribution is 2.21. The Morgan fingerprint density at radius 2 is 1.71 bits per heavy atom. The fraction of sp³-hybridized carbons (Fsp3) is 0.280. The summed E-state index contributed by atoms with van der Waals surface area (Å²) >= 11 is 0. The van der Waals surface area contributed by atoms with E-state index in [0.717, 1.165) is 10.8 Å². The number of Topliss-reactive ketones (excluding diaryl/α,β-unsaturated/α-hetero) is 1. The van der Waals surface area contributed by atoms with Crippen molar-refractivity contribution in [2.75, 3.05) is 5.32 Å². The van der Waals surface area contributed by atoms with Gasteiger partial charge in [-0.25, -0.2) is 9.78 Å². The van der Waals surface area contributed by atoms with Gasteiger partial charge in [-0.1, -0.05) is 50.2 Å². The number of halogens is 3. The van der Waals surface area contributed by atoms with E-state index in [1.807, 2.05) is 0 Å². The van der Waals surface area contributed by atoms with E-state index in [1.165, 1.54) is 20.0 Å². The van der Waals surface area contributed by atoms with Crippen molar-refractivity contribution in [1.29, 1.82) is 0 Å². The maximum absolute atomic E-state index is 13.2. The lowest BCUT2D eigenvalue weighted by Gasteiger charge is -2.23. The third-order valence-electron chi connectivity index (χ3n) is 5.24. The molecule has 2 amide bonds. The van der Waals surface area contributed by atoms with E-state index < -0.39 is 48.0 Å². The second kappa shape index (κ2) is 12.1. The van der Waals surface area contributed by atoms with E-state index in [9.17, 15) is 32.3 Å². The van der Waals surface area contributed by atoms with Gasteiger partial charge >= 0.3 is 12.3 Å². The molecule has 0 radical (unpaired) electrons. The SMILES string of the molecule is CC(C)C(NC(=O)Cn1c(-c2ccccc2)ncc(NC(=O)OCc2ccccn2)c1=O)C(=O)C(F)(F)F. The Labute approximate surface area is 214 Å². The molecular formula is C25H24F3N5O5. The molecule has 1 atom stereocenters. The van der Waals surface area contributed by atoms with Crippen LogP contribution in [-0.4, -0.2) is 44.5 Å². The quantitative estimate of drug-likeness (QED) is 0.433. The number of pyridine rings is 1. The predicted octanol–water partition coefficient (Wildman–Crippen LogP) is 3.33. The molecule has 2 heterocycles. The fourth-order valence-electron chi connectivity index (χ4n) is 3.39. The van der Waals surface area contributed by atoms with Crippen molar-refractivity contribution in [1.82, 2.24) is 19.9 Å². The van der Waals surface area contributed by atoms with Gasteiger partial charge in [0.2, 0.25) is 5.91 Å². The number of hydrogen-bond acceptors (Lipinski definition) is 7. The van der Waals surface area contributed by atoms with Gasteiger partial charge in [0.25, 0.3) is 11.3 Å². The maximum Gasteiger partial charge on any atom is 0.452 e. The summed E-state index contributed by atoms with van der Waals surface area (Å²) in [5, 5.41) is 4.31. The summed E-state index contributed by atoms with van der Waals surface area (Å²) in [6.07, 6.45) is -3.56. The van der Waals surface area contributed by atoms with Crippen LogP contribution in [-0.2, 0) is 27.5 Å². The average molecular weight is 531 g/mol. The molecule has 1 unspecified atom stereocenters. The van der Waals surface area contributed by atoms with Crippen molar-refractivity contribution in [3.8, 4) is 11.4 Å². The minimum atomic E-state index is -5.16. The van der Waals surface area contributed by atoms with E-state index in [1.54, 1.807) is 48.5 Å². The molecule has 0 spiro atoms. The predicted molar refractivity (Wildman–Crippen MR) is 130 cm³/mol. The number of alkyl halides is 3. The molecule has 2 aromatic heterocycles. The Morgan fingerprint density at radius 3 is 2.32 bits per heavy atom. The molecular weight excluding hydrogens is 507 g/mol. The zero-order valence-electron chi connectivity index (χ0n) is 20.4. The highest BCUT2D eigenvalue weighted by atomic mass is 19.4. The number of aromatic nitrogens is 3. The van der Waals surface area contributed by atoms with Gasteiger partial charge in [0.1, 0.15) is 24.7 Å². The topological polar surface area (TPSA) is 132 Å². The first-order valence-electron chi connectivity index (χ1n) is 11.4. The number of amides is 2. The molecule has 10 nitrogen and oxygen atoms in total. The highest BCUT2D eigenvalue weighted by Gasteiger charge is 2.45. The number of anilines is 1. The molecule has 0 aliphatic carbocycles. The van der Waals surface area contributed by atoms with E-state index in [-0.39, 0.29) is 18.1 Å². The van der Waals surface area contributed by atoms with Gasteiger partial charge in [-0.3, -0.25) is 29.3 Å². The molecule has 3 rings (SSSR count). The molecule has 0 saturated carbocycles. The highest BCUT2D eigenvalue weighted by molar-refractivity contribution is 5.93. The van der Waals surface area contributed by atoms with Crippen LogP contribution >= 0.6 is 0 Å². The molecule has 0 saturated heterocycles. The number of nitrogens with zero attached hydrogens (tertiary/aromatic N) is 3. The molecule has 1 aromatic carbocycles.